The van der Waals surface area contributed by atoms with Gasteiger partial charge in [0.1, 0.15) is 28.9 Å². The summed E-state index contributed by atoms with van der Waals surface area (Å²) in [6.07, 6.45) is 1.63. The van der Waals surface area contributed by atoms with Gasteiger partial charge in [-0.1, -0.05) is 18.2 Å². The predicted molar refractivity (Wildman–Crippen MR) is 108 cm³/mol. The van der Waals surface area contributed by atoms with Crippen molar-refractivity contribution in [2.24, 2.45) is 4.99 Å². The molecule has 1 heterocycles. The minimum absolute atomic E-state index is 0.193. The number of anilines is 1. The lowest BCUT2D eigenvalue weighted by Gasteiger charge is -2.18. The van der Waals surface area contributed by atoms with Crippen LogP contribution < -0.4 is 9.64 Å². The summed E-state index contributed by atoms with van der Waals surface area (Å²) >= 11 is 0. The molecule has 0 fully saturated rings. The van der Waals surface area contributed by atoms with Gasteiger partial charge in [-0.25, -0.2) is 13.8 Å². The number of ether oxygens (including phenoxy) is 1. The SMILES string of the molecule is COc1ccccc1/C=C1/N=C(c2ccc(F)cc2)N(c2ccc(F)cc2)C1=O. The van der Waals surface area contributed by atoms with E-state index < -0.39 is 11.6 Å². The molecule has 0 saturated heterocycles. The van der Waals surface area contributed by atoms with Crippen LogP contribution in [0.5, 0.6) is 5.75 Å². The van der Waals surface area contributed by atoms with Crippen LogP contribution in [0.4, 0.5) is 14.5 Å². The van der Waals surface area contributed by atoms with Gasteiger partial charge in [-0.3, -0.25) is 9.69 Å². The van der Waals surface area contributed by atoms with Crippen LogP contribution >= 0.6 is 0 Å². The van der Waals surface area contributed by atoms with Crippen LogP contribution in [0, 0.1) is 11.6 Å². The molecule has 0 spiro atoms. The Labute approximate surface area is 166 Å². The highest BCUT2D eigenvalue weighted by atomic mass is 19.1. The van der Waals surface area contributed by atoms with Crippen molar-refractivity contribution in [2.45, 2.75) is 0 Å². The Kier molecular flexibility index (Phi) is 4.91. The molecule has 0 saturated carbocycles. The number of aliphatic imine (C=N–C) groups is 1. The second-order valence-electron chi connectivity index (χ2n) is 6.33. The first kappa shape index (κ1) is 18.6. The van der Waals surface area contributed by atoms with Crippen molar-refractivity contribution in [3.05, 3.63) is 101 Å². The highest BCUT2D eigenvalue weighted by molar-refractivity contribution is 6.33. The molecule has 1 aliphatic rings. The molecule has 0 radical (unpaired) electrons. The highest BCUT2D eigenvalue weighted by Gasteiger charge is 2.32. The van der Waals surface area contributed by atoms with E-state index in [0.29, 0.717) is 28.4 Å². The quantitative estimate of drug-likeness (QED) is 0.600. The van der Waals surface area contributed by atoms with Crippen molar-refractivity contribution in [3.8, 4) is 5.75 Å². The van der Waals surface area contributed by atoms with E-state index in [2.05, 4.69) is 4.99 Å². The number of benzene rings is 3. The number of hydrogen-bond acceptors (Lipinski definition) is 3. The second-order valence-corrected chi connectivity index (χ2v) is 6.33. The van der Waals surface area contributed by atoms with Gasteiger partial charge in [-0.2, -0.15) is 0 Å². The third kappa shape index (κ3) is 3.65. The average molecular weight is 390 g/mol. The number of carbonyl (C=O) groups excluding carboxylic acids is 1. The van der Waals surface area contributed by atoms with E-state index in [0.717, 1.165) is 0 Å². The van der Waals surface area contributed by atoms with E-state index in [9.17, 15) is 13.6 Å². The highest BCUT2D eigenvalue weighted by Crippen LogP contribution is 2.29. The van der Waals surface area contributed by atoms with Crippen LogP contribution in [0.15, 0.2) is 83.5 Å². The van der Waals surface area contributed by atoms with Crippen molar-refractivity contribution >= 4 is 23.5 Å². The Bertz CT molecular complexity index is 1120. The van der Waals surface area contributed by atoms with Gasteiger partial charge in [0.05, 0.1) is 12.8 Å². The summed E-state index contributed by atoms with van der Waals surface area (Å²) < 4.78 is 32.1. The average Bonchev–Trinajstić information content (AvgIpc) is 3.06. The fraction of sp³-hybridized carbons (Fsp3) is 0.0435. The van der Waals surface area contributed by atoms with E-state index in [1.165, 1.54) is 41.3 Å². The van der Waals surface area contributed by atoms with Crippen molar-refractivity contribution in [3.63, 3.8) is 0 Å². The number of halogens is 2. The Morgan fingerprint density at radius 3 is 2.17 bits per heavy atom. The molecule has 0 unspecified atom stereocenters. The molecule has 0 N–H and O–H groups in total. The monoisotopic (exact) mass is 390 g/mol. The predicted octanol–water partition coefficient (Wildman–Crippen LogP) is 4.81. The van der Waals surface area contributed by atoms with Crippen LogP contribution in [0.3, 0.4) is 0 Å². The standard InChI is InChI=1S/C23H16F2N2O2/c1-29-21-5-3-2-4-16(21)14-20-23(28)27(19-12-10-18(25)11-13-19)22(26-20)15-6-8-17(24)9-7-15/h2-14H,1H3/b20-14+. The van der Waals surface area contributed by atoms with Gasteiger partial charge < -0.3 is 4.74 Å². The minimum Gasteiger partial charge on any atom is -0.496 e. The second kappa shape index (κ2) is 7.67. The van der Waals surface area contributed by atoms with E-state index in [1.54, 1.807) is 31.4 Å². The van der Waals surface area contributed by atoms with E-state index in [4.69, 9.17) is 4.74 Å². The number of nitrogens with zero attached hydrogens (tertiary/aromatic N) is 2. The summed E-state index contributed by atoms with van der Waals surface area (Å²) in [6, 6.07) is 18.5. The van der Waals surface area contributed by atoms with Gasteiger partial charge in [0.25, 0.3) is 5.91 Å². The smallest absolute Gasteiger partial charge is 0.282 e. The van der Waals surface area contributed by atoms with Gasteiger partial charge in [-0.05, 0) is 60.7 Å². The molecule has 4 rings (SSSR count). The molecule has 6 heteroatoms. The van der Waals surface area contributed by atoms with E-state index >= 15 is 0 Å². The summed E-state index contributed by atoms with van der Waals surface area (Å²) in [4.78, 5) is 19.1. The van der Waals surface area contributed by atoms with Crippen molar-refractivity contribution in [2.75, 3.05) is 12.0 Å². The minimum atomic E-state index is -0.412. The number of amides is 1. The molecule has 0 bridgehead atoms. The lowest BCUT2D eigenvalue weighted by Crippen LogP contribution is -2.32. The van der Waals surface area contributed by atoms with Gasteiger partial charge in [-0.15, -0.1) is 0 Å². The van der Waals surface area contributed by atoms with Crippen LogP contribution in [0.1, 0.15) is 11.1 Å². The Balaban J connectivity index is 1.83. The van der Waals surface area contributed by atoms with Gasteiger partial charge in [0.15, 0.2) is 0 Å². The third-order valence-electron chi connectivity index (χ3n) is 4.48. The molecule has 3 aromatic carbocycles. The van der Waals surface area contributed by atoms with Crippen molar-refractivity contribution in [1.82, 2.24) is 0 Å². The van der Waals surface area contributed by atoms with Crippen molar-refractivity contribution < 1.29 is 18.3 Å². The molecule has 3 aromatic rings. The van der Waals surface area contributed by atoms with E-state index in [-0.39, 0.29) is 11.6 Å². The number of para-hydroxylation sites is 1. The Hall–Kier alpha value is -3.80. The maximum absolute atomic E-state index is 13.4. The summed E-state index contributed by atoms with van der Waals surface area (Å²) in [5.41, 5.74) is 1.91. The topological polar surface area (TPSA) is 41.9 Å². The van der Waals surface area contributed by atoms with Crippen molar-refractivity contribution in [1.29, 1.82) is 0 Å². The van der Waals surface area contributed by atoms with Crippen LogP contribution in [-0.2, 0) is 4.79 Å². The summed E-state index contributed by atoms with van der Waals surface area (Å²) in [6.45, 7) is 0. The normalized spacial score (nSPS) is 15.0. The maximum Gasteiger partial charge on any atom is 0.282 e. The number of hydrogen-bond donors (Lipinski definition) is 0. The van der Waals surface area contributed by atoms with Gasteiger partial charge in [0, 0.05) is 11.1 Å². The summed E-state index contributed by atoms with van der Waals surface area (Å²) in [5.74, 6) is -0.238. The van der Waals surface area contributed by atoms with Crippen LogP contribution in [0.2, 0.25) is 0 Å². The molecular weight excluding hydrogens is 374 g/mol. The fourth-order valence-corrected chi connectivity index (χ4v) is 3.07. The fourth-order valence-electron chi connectivity index (χ4n) is 3.07. The first-order valence-corrected chi connectivity index (χ1v) is 8.86. The molecule has 0 aliphatic carbocycles. The molecule has 0 aromatic heterocycles. The molecule has 1 aliphatic heterocycles. The van der Waals surface area contributed by atoms with Gasteiger partial charge in [0.2, 0.25) is 0 Å². The first-order valence-electron chi connectivity index (χ1n) is 8.86. The van der Waals surface area contributed by atoms with Crippen LogP contribution in [-0.4, -0.2) is 18.9 Å². The summed E-state index contributed by atoms with van der Waals surface area (Å²) in [5, 5.41) is 0. The zero-order valence-electron chi connectivity index (χ0n) is 15.5. The Morgan fingerprint density at radius 2 is 1.52 bits per heavy atom. The maximum atomic E-state index is 13.4. The third-order valence-corrected chi connectivity index (χ3v) is 4.48. The number of carbonyl (C=O) groups is 1. The zero-order chi connectivity index (χ0) is 20.4. The van der Waals surface area contributed by atoms with Gasteiger partial charge >= 0.3 is 0 Å². The molecule has 1 amide bonds. The summed E-state index contributed by atoms with van der Waals surface area (Å²) in [7, 11) is 1.55. The number of methoxy groups -OCH3 is 1. The lowest BCUT2D eigenvalue weighted by molar-refractivity contribution is -0.113. The largest absolute Gasteiger partial charge is 0.496 e. The van der Waals surface area contributed by atoms with Crippen LogP contribution in [0.25, 0.3) is 6.08 Å². The molecular formula is C23H16F2N2O2. The molecule has 0 atom stereocenters. The molecule has 144 valence electrons. The molecule has 4 nitrogen and oxygen atoms in total. The first-order chi connectivity index (χ1) is 14.1. The number of amidine groups is 1. The molecule has 29 heavy (non-hydrogen) atoms. The lowest BCUT2D eigenvalue weighted by atomic mass is 10.1. The zero-order valence-corrected chi connectivity index (χ0v) is 15.5. The Morgan fingerprint density at radius 1 is 0.897 bits per heavy atom. The number of rotatable bonds is 4. The van der Waals surface area contributed by atoms with E-state index in [1.807, 2.05) is 18.2 Å².